The van der Waals surface area contributed by atoms with E-state index in [-0.39, 0.29) is 17.9 Å². The second kappa shape index (κ2) is 6.61. The van der Waals surface area contributed by atoms with Crippen LogP contribution in [0, 0.1) is 5.92 Å². The molecule has 1 aliphatic carbocycles. The second-order valence-electron chi connectivity index (χ2n) is 5.15. The molecule has 0 aliphatic heterocycles. The van der Waals surface area contributed by atoms with Crippen LogP contribution in [0.4, 0.5) is 5.69 Å². The SMILES string of the molecule is COc1cc(NC(=O)C2CCCCC2N)cc(OC)c1. The molecule has 5 heteroatoms. The molecule has 110 valence electrons. The Balaban J connectivity index is 2.10. The van der Waals surface area contributed by atoms with Crippen LogP contribution >= 0.6 is 0 Å². The largest absolute Gasteiger partial charge is 0.497 e. The van der Waals surface area contributed by atoms with Crippen molar-refractivity contribution in [2.45, 2.75) is 31.7 Å². The fourth-order valence-electron chi connectivity index (χ4n) is 2.60. The van der Waals surface area contributed by atoms with E-state index in [1.165, 1.54) is 0 Å². The third kappa shape index (κ3) is 3.42. The quantitative estimate of drug-likeness (QED) is 0.885. The van der Waals surface area contributed by atoms with Gasteiger partial charge in [0.15, 0.2) is 0 Å². The van der Waals surface area contributed by atoms with Crippen LogP contribution in [0.15, 0.2) is 18.2 Å². The average molecular weight is 278 g/mol. The Bertz CT molecular complexity index is 454. The highest BCUT2D eigenvalue weighted by molar-refractivity contribution is 5.93. The van der Waals surface area contributed by atoms with Crippen molar-refractivity contribution in [3.8, 4) is 11.5 Å². The van der Waals surface area contributed by atoms with Gasteiger partial charge in [0.2, 0.25) is 5.91 Å². The number of methoxy groups -OCH3 is 2. The summed E-state index contributed by atoms with van der Waals surface area (Å²) >= 11 is 0. The molecule has 2 atom stereocenters. The van der Waals surface area contributed by atoms with Crippen LogP contribution in [0.25, 0.3) is 0 Å². The minimum atomic E-state index is -0.110. The number of amides is 1. The molecule has 2 rings (SSSR count). The molecule has 0 saturated heterocycles. The van der Waals surface area contributed by atoms with Crippen molar-refractivity contribution in [3.63, 3.8) is 0 Å². The lowest BCUT2D eigenvalue weighted by molar-refractivity contribution is -0.121. The molecule has 1 aromatic carbocycles. The van der Waals surface area contributed by atoms with Gasteiger partial charge in [-0.25, -0.2) is 0 Å². The number of benzene rings is 1. The van der Waals surface area contributed by atoms with Crippen LogP contribution in [-0.4, -0.2) is 26.2 Å². The highest BCUT2D eigenvalue weighted by atomic mass is 16.5. The van der Waals surface area contributed by atoms with Crippen molar-refractivity contribution in [2.75, 3.05) is 19.5 Å². The number of hydrogen-bond donors (Lipinski definition) is 2. The number of nitrogens with two attached hydrogens (primary N) is 1. The van der Waals surface area contributed by atoms with Gasteiger partial charge < -0.3 is 20.5 Å². The molecule has 0 heterocycles. The van der Waals surface area contributed by atoms with Crippen LogP contribution in [0.5, 0.6) is 11.5 Å². The number of ether oxygens (including phenoxy) is 2. The molecular weight excluding hydrogens is 256 g/mol. The lowest BCUT2D eigenvalue weighted by Crippen LogP contribution is -2.40. The van der Waals surface area contributed by atoms with Crippen molar-refractivity contribution in [1.82, 2.24) is 0 Å². The van der Waals surface area contributed by atoms with E-state index in [1.807, 2.05) is 0 Å². The van der Waals surface area contributed by atoms with Crippen LogP contribution in [-0.2, 0) is 4.79 Å². The minimum absolute atomic E-state index is 0.0208. The van der Waals surface area contributed by atoms with E-state index in [1.54, 1.807) is 32.4 Å². The van der Waals surface area contributed by atoms with Gasteiger partial charge >= 0.3 is 0 Å². The summed E-state index contributed by atoms with van der Waals surface area (Å²) in [5.41, 5.74) is 6.71. The predicted octanol–water partition coefficient (Wildman–Crippen LogP) is 2.16. The van der Waals surface area contributed by atoms with Crippen molar-refractivity contribution in [2.24, 2.45) is 11.7 Å². The number of rotatable bonds is 4. The van der Waals surface area contributed by atoms with Gasteiger partial charge in [0.1, 0.15) is 11.5 Å². The molecule has 0 aromatic heterocycles. The Kier molecular flexibility index (Phi) is 4.84. The summed E-state index contributed by atoms with van der Waals surface area (Å²) in [6, 6.07) is 5.27. The van der Waals surface area contributed by atoms with E-state index in [9.17, 15) is 4.79 Å². The zero-order chi connectivity index (χ0) is 14.5. The Morgan fingerprint density at radius 1 is 1.15 bits per heavy atom. The molecule has 0 spiro atoms. The molecule has 20 heavy (non-hydrogen) atoms. The third-order valence-electron chi connectivity index (χ3n) is 3.78. The molecule has 3 N–H and O–H groups in total. The molecule has 1 aliphatic rings. The van der Waals surface area contributed by atoms with E-state index < -0.39 is 0 Å². The first kappa shape index (κ1) is 14.7. The highest BCUT2D eigenvalue weighted by Gasteiger charge is 2.28. The molecule has 1 amide bonds. The van der Waals surface area contributed by atoms with E-state index in [0.717, 1.165) is 25.7 Å². The lowest BCUT2D eigenvalue weighted by atomic mass is 9.84. The fourth-order valence-corrected chi connectivity index (χ4v) is 2.60. The first-order valence-corrected chi connectivity index (χ1v) is 6.93. The molecular formula is C15H22N2O3. The first-order chi connectivity index (χ1) is 9.63. The van der Waals surface area contributed by atoms with E-state index in [0.29, 0.717) is 17.2 Å². The smallest absolute Gasteiger partial charge is 0.229 e. The maximum absolute atomic E-state index is 12.3. The maximum atomic E-state index is 12.3. The zero-order valence-electron chi connectivity index (χ0n) is 12.0. The maximum Gasteiger partial charge on any atom is 0.229 e. The number of carbonyl (C=O) groups excluding carboxylic acids is 1. The highest BCUT2D eigenvalue weighted by Crippen LogP contribution is 2.28. The summed E-state index contributed by atoms with van der Waals surface area (Å²) in [5.74, 6) is 1.16. The summed E-state index contributed by atoms with van der Waals surface area (Å²) in [7, 11) is 3.16. The van der Waals surface area contributed by atoms with Gasteiger partial charge in [0.05, 0.1) is 20.1 Å². The number of nitrogens with one attached hydrogen (secondary N) is 1. The summed E-state index contributed by atoms with van der Waals surface area (Å²) in [6.07, 6.45) is 3.94. The standard InChI is InChI=1S/C15H22N2O3/c1-19-11-7-10(8-12(9-11)20-2)17-15(18)13-5-3-4-6-14(13)16/h7-9,13-14H,3-6,16H2,1-2H3,(H,17,18). The van der Waals surface area contributed by atoms with E-state index in [4.69, 9.17) is 15.2 Å². The van der Waals surface area contributed by atoms with Crippen molar-refractivity contribution < 1.29 is 14.3 Å². The van der Waals surface area contributed by atoms with Crippen LogP contribution < -0.4 is 20.5 Å². The lowest BCUT2D eigenvalue weighted by Gasteiger charge is -2.27. The summed E-state index contributed by atoms with van der Waals surface area (Å²) in [5, 5.41) is 2.91. The predicted molar refractivity (Wildman–Crippen MR) is 78.1 cm³/mol. The fraction of sp³-hybridized carbons (Fsp3) is 0.533. The van der Waals surface area contributed by atoms with Gasteiger partial charge in [-0.3, -0.25) is 4.79 Å². The topological polar surface area (TPSA) is 73.6 Å². The Morgan fingerprint density at radius 2 is 1.75 bits per heavy atom. The van der Waals surface area contributed by atoms with Gasteiger partial charge in [-0.15, -0.1) is 0 Å². The van der Waals surface area contributed by atoms with E-state index >= 15 is 0 Å². The average Bonchev–Trinajstić information content (AvgIpc) is 2.47. The zero-order valence-corrected chi connectivity index (χ0v) is 12.0. The Morgan fingerprint density at radius 3 is 2.30 bits per heavy atom. The van der Waals surface area contributed by atoms with Crippen molar-refractivity contribution >= 4 is 11.6 Å². The molecule has 1 fully saturated rings. The van der Waals surface area contributed by atoms with Crippen LogP contribution in [0.3, 0.4) is 0 Å². The minimum Gasteiger partial charge on any atom is -0.497 e. The molecule has 0 bridgehead atoms. The van der Waals surface area contributed by atoms with Crippen molar-refractivity contribution in [3.05, 3.63) is 18.2 Å². The van der Waals surface area contributed by atoms with Gasteiger partial charge in [-0.2, -0.15) is 0 Å². The van der Waals surface area contributed by atoms with Crippen LogP contribution in [0.1, 0.15) is 25.7 Å². The molecule has 2 unspecified atom stereocenters. The van der Waals surface area contributed by atoms with E-state index in [2.05, 4.69) is 5.32 Å². The molecule has 1 saturated carbocycles. The number of carbonyl (C=O) groups is 1. The molecule has 1 aromatic rings. The third-order valence-corrected chi connectivity index (χ3v) is 3.78. The summed E-state index contributed by atoms with van der Waals surface area (Å²) < 4.78 is 10.4. The van der Waals surface area contributed by atoms with Crippen LogP contribution in [0.2, 0.25) is 0 Å². The van der Waals surface area contributed by atoms with Gasteiger partial charge in [0.25, 0.3) is 0 Å². The molecule has 5 nitrogen and oxygen atoms in total. The van der Waals surface area contributed by atoms with Gasteiger partial charge in [0, 0.05) is 29.9 Å². The summed E-state index contributed by atoms with van der Waals surface area (Å²) in [4.78, 5) is 12.3. The number of anilines is 1. The van der Waals surface area contributed by atoms with Crippen molar-refractivity contribution in [1.29, 1.82) is 0 Å². The first-order valence-electron chi connectivity index (χ1n) is 6.93. The van der Waals surface area contributed by atoms with Gasteiger partial charge in [-0.1, -0.05) is 12.8 Å². The normalized spacial score (nSPS) is 22.1. The Hall–Kier alpha value is -1.75. The summed E-state index contributed by atoms with van der Waals surface area (Å²) in [6.45, 7) is 0. The Labute approximate surface area is 119 Å². The molecule has 0 radical (unpaired) electrons. The monoisotopic (exact) mass is 278 g/mol. The number of hydrogen-bond acceptors (Lipinski definition) is 4. The second-order valence-corrected chi connectivity index (χ2v) is 5.15. The van der Waals surface area contributed by atoms with Gasteiger partial charge in [-0.05, 0) is 12.8 Å².